The molecule has 0 amide bonds. The van der Waals surface area contributed by atoms with Crippen molar-refractivity contribution >= 4 is 23.3 Å². The van der Waals surface area contributed by atoms with Crippen molar-refractivity contribution in [3.8, 4) is 6.07 Å². The zero-order valence-electron chi connectivity index (χ0n) is 21.9. The van der Waals surface area contributed by atoms with E-state index < -0.39 is 17.2 Å². The lowest BCUT2D eigenvalue weighted by molar-refractivity contribution is -0.137. The van der Waals surface area contributed by atoms with E-state index in [0.717, 1.165) is 28.6 Å². The normalized spacial score (nSPS) is 16.3. The number of ether oxygens (including phenoxy) is 1. The van der Waals surface area contributed by atoms with Crippen LogP contribution in [-0.2, 0) is 29.2 Å². The number of aromatic nitrogens is 3. The van der Waals surface area contributed by atoms with E-state index in [4.69, 9.17) is 14.7 Å². The van der Waals surface area contributed by atoms with Gasteiger partial charge in [-0.25, -0.2) is 9.97 Å². The number of pyridine rings is 1. The Morgan fingerprint density at radius 3 is 2.36 bits per heavy atom. The second kappa shape index (κ2) is 10.7. The van der Waals surface area contributed by atoms with Crippen LogP contribution in [0.15, 0.2) is 42.6 Å². The highest BCUT2D eigenvalue weighted by Crippen LogP contribution is 2.36. The van der Waals surface area contributed by atoms with E-state index in [1.54, 1.807) is 4.90 Å². The van der Waals surface area contributed by atoms with Gasteiger partial charge >= 0.3 is 6.18 Å². The van der Waals surface area contributed by atoms with Gasteiger partial charge in [0.05, 0.1) is 36.0 Å². The van der Waals surface area contributed by atoms with Gasteiger partial charge in [0, 0.05) is 50.0 Å². The highest BCUT2D eigenvalue weighted by atomic mass is 19.4. The number of benzene rings is 1. The molecule has 1 fully saturated rings. The minimum Gasteiger partial charge on any atom is -0.378 e. The van der Waals surface area contributed by atoms with Crippen molar-refractivity contribution in [1.29, 1.82) is 5.26 Å². The van der Waals surface area contributed by atoms with Crippen LogP contribution in [0.25, 0.3) is 0 Å². The third kappa shape index (κ3) is 5.76. The molecule has 2 aliphatic heterocycles. The summed E-state index contributed by atoms with van der Waals surface area (Å²) in [5.41, 5.74) is 2.03. The summed E-state index contributed by atoms with van der Waals surface area (Å²) < 4.78 is 46.7. The minimum atomic E-state index is -4.49. The average molecular weight is 538 g/mol. The summed E-state index contributed by atoms with van der Waals surface area (Å²) in [5.74, 6) is 1.14. The van der Waals surface area contributed by atoms with Crippen molar-refractivity contribution in [2.75, 3.05) is 54.5 Å². The number of morpholine rings is 1. The maximum atomic E-state index is 13.7. The Labute approximate surface area is 225 Å². The summed E-state index contributed by atoms with van der Waals surface area (Å²) in [4.78, 5) is 17.6. The zero-order valence-corrected chi connectivity index (χ0v) is 21.9. The molecule has 0 unspecified atom stereocenters. The summed E-state index contributed by atoms with van der Waals surface area (Å²) in [6.45, 7) is 6.90. The molecule has 1 aromatic carbocycles. The third-order valence-electron chi connectivity index (χ3n) is 7.17. The Balaban J connectivity index is 1.48. The quantitative estimate of drug-likeness (QED) is 0.493. The predicted octanol–water partition coefficient (Wildman–Crippen LogP) is 4.88. The van der Waals surface area contributed by atoms with E-state index in [-0.39, 0.29) is 5.82 Å². The van der Waals surface area contributed by atoms with Crippen molar-refractivity contribution < 1.29 is 17.9 Å². The fourth-order valence-electron chi connectivity index (χ4n) is 4.85. The first-order valence-electron chi connectivity index (χ1n) is 12.9. The SMILES string of the molecule is CC(C)(C#N)c1ccc(Nc2nc(N3CCOCC3)nc3c2CCN(c2ncccc2C(F)(F)F)CC3)cc1. The van der Waals surface area contributed by atoms with Crippen molar-refractivity contribution in [2.45, 2.75) is 38.3 Å². The summed E-state index contributed by atoms with van der Waals surface area (Å²) in [7, 11) is 0. The van der Waals surface area contributed by atoms with Crippen LogP contribution in [0.3, 0.4) is 0 Å². The molecule has 4 heterocycles. The number of nitrogens with zero attached hydrogens (tertiary/aromatic N) is 6. The second-order valence-corrected chi connectivity index (χ2v) is 10.2. The Morgan fingerprint density at radius 2 is 1.67 bits per heavy atom. The third-order valence-corrected chi connectivity index (χ3v) is 7.17. The molecule has 5 rings (SSSR count). The first kappa shape index (κ1) is 26.7. The first-order chi connectivity index (χ1) is 18.7. The average Bonchev–Trinajstić information content (AvgIpc) is 3.16. The van der Waals surface area contributed by atoms with Crippen LogP contribution in [0.1, 0.15) is 36.2 Å². The van der Waals surface area contributed by atoms with Crippen LogP contribution in [0.5, 0.6) is 0 Å². The van der Waals surface area contributed by atoms with Gasteiger partial charge in [0.25, 0.3) is 0 Å². The van der Waals surface area contributed by atoms with Gasteiger partial charge in [-0.2, -0.15) is 23.4 Å². The van der Waals surface area contributed by atoms with E-state index in [1.165, 1.54) is 12.3 Å². The summed E-state index contributed by atoms with van der Waals surface area (Å²) in [6, 6.07) is 12.3. The molecule has 0 radical (unpaired) electrons. The number of hydrogen-bond donors (Lipinski definition) is 1. The molecular formula is C28H30F3N7O. The van der Waals surface area contributed by atoms with E-state index in [1.807, 2.05) is 38.1 Å². The Hall–Kier alpha value is -3.91. The Morgan fingerprint density at radius 1 is 0.949 bits per heavy atom. The van der Waals surface area contributed by atoms with Gasteiger partial charge < -0.3 is 19.9 Å². The number of rotatable bonds is 5. The van der Waals surface area contributed by atoms with E-state index in [2.05, 4.69) is 21.3 Å². The highest BCUT2D eigenvalue weighted by molar-refractivity contribution is 5.63. The molecule has 2 aliphatic rings. The largest absolute Gasteiger partial charge is 0.419 e. The number of halogens is 3. The summed E-state index contributed by atoms with van der Waals surface area (Å²) in [6.07, 6.45) is -2.20. The minimum absolute atomic E-state index is 0.0654. The first-order valence-corrected chi connectivity index (χ1v) is 12.9. The molecule has 0 atom stereocenters. The lowest BCUT2D eigenvalue weighted by atomic mass is 9.86. The van der Waals surface area contributed by atoms with Gasteiger partial charge in [-0.15, -0.1) is 0 Å². The molecule has 204 valence electrons. The maximum Gasteiger partial charge on any atom is 0.419 e. The van der Waals surface area contributed by atoms with Gasteiger partial charge in [-0.3, -0.25) is 0 Å². The molecule has 1 N–H and O–H groups in total. The molecule has 0 spiro atoms. The van der Waals surface area contributed by atoms with Crippen molar-refractivity contribution in [2.24, 2.45) is 0 Å². The molecule has 1 saturated heterocycles. The number of nitrogens with one attached hydrogen (secondary N) is 1. The maximum absolute atomic E-state index is 13.7. The zero-order chi connectivity index (χ0) is 27.6. The van der Waals surface area contributed by atoms with E-state index in [9.17, 15) is 18.4 Å². The van der Waals surface area contributed by atoms with Crippen LogP contribution in [0.4, 0.5) is 36.4 Å². The summed E-state index contributed by atoms with van der Waals surface area (Å²) >= 11 is 0. The number of nitriles is 1. The Bertz CT molecular complexity index is 1360. The lowest BCUT2D eigenvalue weighted by Crippen LogP contribution is -2.37. The molecule has 0 aliphatic carbocycles. The molecule has 2 aromatic heterocycles. The predicted molar refractivity (Wildman–Crippen MR) is 142 cm³/mol. The molecule has 39 heavy (non-hydrogen) atoms. The number of hydrogen-bond acceptors (Lipinski definition) is 8. The topological polar surface area (TPSA) is 90.2 Å². The highest BCUT2D eigenvalue weighted by Gasteiger charge is 2.36. The molecule has 3 aromatic rings. The Kier molecular flexibility index (Phi) is 7.32. The molecule has 0 saturated carbocycles. The number of fused-ring (bicyclic) bond motifs is 1. The van der Waals surface area contributed by atoms with E-state index in [0.29, 0.717) is 64.0 Å². The standard InChI is InChI=1S/C28H30F3N7O/c1-27(2,18-32)19-5-7-20(8-6-19)34-24-21-9-12-37(25-22(28(29,30)31)4-3-11-33-25)13-10-23(21)35-26(36-24)38-14-16-39-17-15-38/h3-8,11H,9-10,12-17H2,1-2H3,(H,34,35,36). The van der Waals surface area contributed by atoms with Gasteiger partial charge in [0.15, 0.2) is 0 Å². The van der Waals surface area contributed by atoms with Crippen LogP contribution in [0.2, 0.25) is 0 Å². The smallest absolute Gasteiger partial charge is 0.378 e. The number of anilines is 4. The fourth-order valence-corrected chi connectivity index (χ4v) is 4.85. The van der Waals surface area contributed by atoms with Crippen LogP contribution in [-0.4, -0.2) is 54.3 Å². The van der Waals surface area contributed by atoms with Crippen LogP contribution in [0, 0.1) is 11.3 Å². The molecule has 11 heteroatoms. The van der Waals surface area contributed by atoms with Crippen molar-refractivity contribution in [3.63, 3.8) is 0 Å². The summed E-state index contributed by atoms with van der Waals surface area (Å²) in [5, 5.41) is 12.9. The van der Waals surface area contributed by atoms with Crippen molar-refractivity contribution in [3.05, 3.63) is 65.0 Å². The van der Waals surface area contributed by atoms with E-state index >= 15 is 0 Å². The molecule has 8 nitrogen and oxygen atoms in total. The molecule has 0 bridgehead atoms. The van der Waals surface area contributed by atoms with Gasteiger partial charge in [0.1, 0.15) is 11.6 Å². The monoisotopic (exact) mass is 537 g/mol. The van der Waals surface area contributed by atoms with Crippen LogP contribution >= 0.6 is 0 Å². The van der Waals surface area contributed by atoms with Gasteiger partial charge in [-0.05, 0) is 50.1 Å². The van der Waals surface area contributed by atoms with Gasteiger partial charge in [0.2, 0.25) is 5.95 Å². The van der Waals surface area contributed by atoms with Crippen LogP contribution < -0.4 is 15.1 Å². The number of alkyl halides is 3. The second-order valence-electron chi connectivity index (χ2n) is 10.2. The molecular weight excluding hydrogens is 507 g/mol. The van der Waals surface area contributed by atoms with Gasteiger partial charge in [-0.1, -0.05) is 12.1 Å². The fraction of sp³-hybridized carbons (Fsp3) is 0.429. The lowest BCUT2D eigenvalue weighted by Gasteiger charge is -2.28. The van der Waals surface area contributed by atoms with Crippen molar-refractivity contribution in [1.82, 2.24) is 15.0 Å².